The number of rotatable bonds is 2. The minimum Gasteiger partial charge on any atom is -0.462 e. The average molecular weight is 288 g/mol. The maximum Gasteiger partial charge on any atom is 0.342 e. The zero-order chi connectivity index (χ0) is 13.3. The molecule has 0 amide bonds. The highest BCUT2D eigenvalue weighted by molar-refractivity contribution is 6.42. The summed E-state index contributed by atoms with van der Waals surface area (Å²) in [6.45, 7) is 1.87. The molecule has 1 aromatic carbocycles. The molecule has 0 aliphatic rings. The Balaban J connectivity index is 2.69. The van der Waals surface area contributed by atoms with Crippen molar-refractivity contribution >= 4 is 40.1 Å². The monoisotopic (exact) mass is 287 g/mol. The van der Waals surface area contributed by atoms with Gasteiger partial charge in [-0.15, -0.1) is 0 Å². The molecule has 0 unspecified atom stereocenters. The number of aromatic nitrogens is 1. The van der Waals surface area contributed by atoms with E-state index in [1.165, 1.54) is 18.2 Å². The summed E-state index contributed by atoms with van der Waals surface area (Å²) in [6.07, 6.45) is 0. The molecule has 0 radical (unpaired) electrons. The van der Waals surface area contributed by atoms with E-state index in [0.717, 1.165) is 0 Å². The van der Waals surface area contributed by atoms with Crippen LogP contribution in [-0.4, -0.2) is 17.6 Å². The van der Waals surface area contributed by atoms with Crippen LogP contribution < -0.4 is 0 Å². The van der Waals surface area contributed by atoms with Gasteiger partial charge in [-0.2, -0.15) is 0 Å². The van der Waals surface area contributed by atoms with Crippen molar-refractivity contribution < 1.29 is 13.9 Å². The van der Waals surface area contributed by atoms with Gasteiger partial charge in [-0.3, -0.25) is 0 Å². The highest BCUT2D eigenvalue weighted by Gasteiger charge is 2.20. The van der Waals surface area contributed by atoms with Crippen LogP contribution >= 0.6 is 23.2 Å². The third-order valence-corrected chi connectivity index (χ3v) is 2.99. The van der Waals surface area contributed by atoms with Crippen molar-refractivity contribution in [3.05, 3.63) is 39.8 Å². The van der Waals surface area contributed by atoms with Crippen molar-refractivity contribution in [2.45, 2.75) is 6.92 Å². The lowest BCUT2D eigenvalue weighted by molar-refractivity contribution is 0.0526. The number of ether oxygens (including phenoxy) is 1. The molecule has 0 aliphatic heterocycles. The van der Waals surface area contributed by atoms with Gasteiger partial charge in [0.15, 0.2) is 0 Å². The maximum atomic E-state index is 13.1. The van der Waals surface area contributed by atoms with Crippen molar-refractivity contribution in [1.29, 1.82) is 0 Å². The van der Waals surface area contributed by atoms with Crippen LogP contribution in [0, 0.1) is 5.82 Å². The summed E-state index contributed by atoms with van der Waals surface area (Å²) < 4.78 is 17.9. The molecule has 0 saturated heterocycles. The van der Waals surface area contributed by atoms with Gasteiger partial charge in [-0.1, -0.05) is 23.2 Å². The molecule has 0 aliphatic carbocycles. The van der Waals surface area contributed by atoms with Crippen LogP contribution in [0.5, 0.6) is 0 Å². The number of carbonyl (C=O) groups is 1. The predicted octanol–water partition coefficient (Wildman–Crippen LogP) is 3.86. The molecule has 0 fully saturated rings. The van der Waals surface area contributed by atoms with Crippen LogP contribution in [0.3, 0.4) is 0 Å². The third kappa shape index (κ3) is 2.26. The molecular formula is C12H8Cl2FNO2. The van der Waals surface area contributed by atoms with Gasteiger partial charge < -0.3 is 4.74 Å². The van der Waals surface area contributed by atoms with Crippen molar-refractivity contribution in [2.75, 3.05) is 6.61 Å². The predicted molar refractivity (Wildman–Crippen MR) is 67.7 cm³/mol. The fraction of sp³-hybridized carbons (Fsp3) is 0.167. The van der Waals surface area contributed by atoms with Crippen molar-refractivity contribution in [3.8, 4) is 0 Å². The van der Waals surface area contributed by atoms with E-state index in [0.29, 0.717) is 5.39 Å². The molecule has 6 heteroatoms. The lowest BCUT2D eigenvalue weighted by Crippen LogP contribution is -2.07. The van der Waals surface area contributed by atoms with E-state index in [4.69, 9.17) is 27.9 Å². The number of hydrogen-bond donors (Lipinski definition) is 0. The second-order valence-corrected chi connectivity index (χ2v) is 4.21. The summed E-state index contributed by atoms with van der Waals surface area (Å²) in [5.41, 5.74) is 0.289. The zero-order valence-electron chi connectivity index (χ0n) is 9.34. The highest BCUT2D eigenvalue weighted by atomic mass is 35.5. The summed E-state index contributed by atoms with van der Waals surface area (Å²) in [5, 5.41) is 0.463. The highest BCUT2D eigenvalue weighted by Crippen LogP contribution is 2.31. The lowest BCUT2D eigenvalue weighted by Gasteiger charge is -2.08. The Bertz CT molecular complexity index is 631. The summed E-state index contributed by atoms with van der Waals surface area (Å²) >= 11 is 12.0. The molecular weight excluding hydrogens is 280 g/mol. The number of benzene rings is 1. The summed E-state index contributed by atoms with van der Waals surface area (Å²) in [5.74, 6) is -1.10. The van der Waals surface area contributed by atoms with Gasteiger partial charge in [-0.05, 0) is 19.1 Å². The number of halogens is 3. The summed E-state index contributed by atoms with van der Waals surface area (Å²) in [4.78, 5) is 15.6. The van der Waals surface area contributed by atoms with Crippen LogP contribution in [0.4, 0.5) is 4.39 Å². The first-order valence-electron chi connectivity index (χ1n) is 5.16. The van der Waals surface area contributed by atoms with Crippen molar-refractivity contribution in [1.82, 2.24) is 4.98 Å². The van der Waals surface area contributed by atoms with Gasteiger partial charge >= 0.3 is 5.97 Å². The van der Waals surface area contributed by atoms with Gasteiger partial charge in [0.25, 0.3) is 0 Å². The average Bonchev–Trinajstić information content (AvgIpc) is 2.28. The third-order valence-electron chi connectivity index (χ3n) is 2.32. The van der Waals surface area contributed by atoms with E-state index in [1.807, 2.05) is 0 Å². The zero-order valence-corrected chi connectivity index (χ0v) is 10.8. The Morgan fingerprint density at radius 3 is 2.83 bits per heavy atom. The Morgan fingerprint density at radius 1 is 1.44 bits per heavy atom. The van der Waals surface area contributed by atoms with Crippen molar-refractivity contribution in [2.24, 2.45) is 0 Å². The molecule has 0 spiro atoms. The number of esters is 1. The standard InChI is InChI=1S/C12H8Cl2FNO2/c1-2-18-12(17)9-10(13)7-4-3-6(15)5-8(7)16-11(9)14/h3-5H,2H2,1H3. The number of nitrogens with zero attached hydrogens (tertiary/aromatic N) is 1. The summed E-state index contributed by atoms with van der Waals surface area (Å²) in [6, 6.07) is 3.87. The normalized spacial score (nSPS) is 10.7. The Hall–Kier alpha value is -1.39. The second-order valence-electron chi connectivity index (χ2n) is 3.47. The molecule has 94 valence electrons. The second kappa shape index (κ2) is 5.08. The van der Waals surface area contributed by atoms with E-state index in [1.54, 1.807) is 6.92 Å². The molecule has 3 nitrogen and oxygen atoms in total. The first kappa shape index (κ1) is 13.1. The van der Waals surface area contributed by atoms with Gasteiger partial charge in [0.05, 0.1) is 17.1 Å². The quantitative estimate of drug-likeness (QED) is 0.622. The first-order valence-corrected chi connectivity index (χ1v) is 5.91. The lowest BCUT2D eigenvalue weighted by atomic mass is 10.1. The number of carbonyl (C=O) groups excluding carboxylic acids is 1. The SMILES string of the molecule is CCOC(=O)c1c(Cl)nc2cc(F)ccc2c1Cl. The van der Waals surface area contributed by atoms with E-state index in [2.05, 4.69) is 4.98 Å². The molecule has 1 heterocycles. The Kier molecular flexibility index (Phi) is 3.68. The van der Waals surface area contributed by atoms with Gasteiger partial charge in [0.1, 0.15) is 16.5 Å². The van der Waals surface area contributed by atoms with Crippen LogP contribution in [0.15, 0.2) is 18.2 Å². The van der Waals surface area contributed by atoms with Gasteiger partial charge in [0, 0.05) is 11.5 Å². The largest absolute Gasteiger partial charge is 0.462 e. The fourth-order valence-electron chi connectivity index (χ4n) is 1.55. The van der Waals surface area contributed by atoms with E-state index in [-0.39, 0.29) is 27.9 Å². The molecule has 0 saturated carbocycles. The fourth-order valence-corrected chi connectivity index (χ4v) is 2.18. The summed E-state index contributed by atoms with van der Waals surface area (Å²) in [7, 11) is 0. The van der Waals surface area contributed by atoms with Crippen LogP contribution in [0.2, 0.25) is 10.2 Å². The molecule has 0 N–H and O–H groups in total. The molecule has 2 rings (SSSR count). The number of fused-ring (bicyclic) bond motifs is 1. The van der Waals surface area contributed by atoms with E-state index in [9.17, 15) is 9.18 Å². The van der Waals surface area contributed by atoms with Gasteiger partial charge in [-0.25, -0.2) is 14.2 Å². The van der Waals surface area contributed by atoms with Crippen molar-refractivity contribution in [3.63, 3.8) is 0 Å². The Labute approximate surface area is 112 Å². The molecule has 2 aromatic rings. The van der Waals surface area contributed by atoms with Crippen LogP contribution in [0.25, 0.3) is 10.9 Å². The van der Waals surface area contributed by atoms with Crippen LogP contribution in [-0.2, 0) is 4.74 Å². The smallest absolute Gasteiger partial charge is 0.342 e. The van der Waals surface area contributed by atoms with Crippen LogP contribution in [0.1, 0.15) is 17.3 Å². The minimum absolute atomic E-state index is 0.000656. The Morgan fingerprint density at radius 2 is 2.17 bits per heavy atom. The molecule has 1 aromatic heterocycles. The molecule has 18 heavy (non-hydrogen) atoms. The first-order chi connectivity index (χ1) is 8.54. The molecule has 0 bridgehead atoms. The van der Waals surface area contributed by atoms with Gasteiger partial charge in [0.2, 0.25) is 0 Å². The minimum atomic E-state index is -0.647. The number of hydrogen-bond acceptors (Lipinski definition) is 3. The van der Waals surface area contributed by atoms with E-state index < -0.39 is 11.8 Å². The topological polar surface area (TPSA) is 39.2 Å². The number of pyridine rings is 1. The van der Waals surface area contributed by atoms with E-state index >= 15 is 0 Å². The maximum absolute atomic E-state index is 13.1. The molecule has 0 atom stereocenters.